The molecule has 0 aromatic carbocycles. The Labute approximate surface area is 107 Å². The third kappa shape index (κ3) is 3.59. The molecule has 4 heteroatoms. The zero-order valence-corrected chi connectivity index (χ0v) is 11.6. The van der Waals surface area contributed by atoms with E-state index in [2.05, 4.69) is 11.8 Å². The fourth-order valence-corrected chi connectivity index (χ4v) is 4.22. The molecule has 1 amide bonds. The van der Waals surface area contributed by atoms with Crippen LogP contribution in [0.3, 0.4) is 0 Å². The molecule has 0 aromatic rings. The van der Waals surface area contributed by atoms with Gasteiger partial charge in [-0.15, -0.1) is 0 Å². The highest BCUT2D eigenvalue weighted by Gasteiger charge is 2.27. The van der Waals surface area contributed by atoms with E-state index in [1.165, 1.54) is 49.6 Å². The maximum absolute atomic E-state index is 12.1. The number of carbonyl (C=O) groups is 1. The minimum atomic E-state index is 0.321. The molecule has 2 nitrogen and oxygen atoms in total. The van der Waals surface area contributed by atoms with Crippen LogP contribution in [0.25, 0.3) is 0 Å². The molecule has 0 bridgehead atoms. The van der Waals surface area contributed by atoms with Gasteiger partial charge in [-0.25, -0.2) is 0 Å². The molecule has 1 aliphatic heterocycles. The van der Waals surface area contributed by atoms with Gasteiger partial charge in [0.25, 0.3) is 5.24 Å². The molecular weight excluding hydrogens is 238 g/mol. The molecule has 0 N–H and O–H groups in total. The molecule has 1 heterocycles. The lowest BCUT2D eigenvalue weighted by molar-refractivity contribution is 0.182. The SMILES string of the molecule is CCN(C(=O)SCC1CS1)C1CCCCC1. The second-order valence-electron chi connectivity index (χ2n) is 4.61. The van der Waals surface area contributed by atoms with Gasteiger partial charge in [0.2, 0.25) is 0 Å². The summed E-state index contributed by atoms with van der Waals surface area (Å²) in [6, 6.07) is 0.533. The Morgan fingerprint density at radius 1 is 1.38 bits per heavy atom. The van der Waals surface area contributed by atoms with Crippen molar-refractivity contribution in [1.82, 2.24) is 4.90 Å². The number of hydrogen-bond acceptors (Lipinski definition) is 3. The Balaban J connectivity index is 1.78. The van der Waals surface area contributed by atoms with Gasteiger partial charge in [-0.05, 0) is 19.8 Å². The molecule has 2 rings (SSSR count). The average Bonchev–Trinajstić information content (AvgIpc) is 3.13. The lowest BCUT2D eigenvalue weighted by Crippen LogP contribution is -2.39. The van der Waals surface area contributed by atoms with Crippen LogP contribution < -0.4 is 0 Å². The minimum Gasteiger partial charge on any atom is -0.331 e. The van der Waals surface area contributed by atoms with E-state index in [9.17, 15) is 4.79 Å². The zero-order chi connectivity index (χ0) is 11.4. The number of hydrogen-bond donors (Lipinski definition) is 0. The Morgan fingerprint density at radius 3 is 2.62 bits per heavy atom. The van der Waals surface area contributed by atoms with Gasteiger partial charge < -0.3 is 4.90 Å². The Hall–Kier alpha value is 0.170. The van der Waals surface area contributed by atoms with E-state index in [1.807, 2.05) is 11.8 Å². The van der Waals surface area contributed by atoms with E-state index >= 15 is 0 Å². The number of nitrogens with zero attached hydrogens (tertiary/aromatic N) is 1. The van der Waals surface area contributed by atoms with Gasteiger partial charge in [-0.3, -0.25) is 4.79 Å². The van der Waals surface area contributed by atoms with Gasteiger partial charge in [0, 0.05) is 29.3 Å². The zero-order valence-electron chi connectivity index (χ0n) is 9.98. The molecule has 0 spiro atoms. The molecule has 92 valence electrons. The lowest BCUT2D eigenvalue weighted by atomic mass is 9.94. The van der Waals surface area contributed by atoms with Crippen LogP contribution in [0.4, 0.5) is 4.79 Å². The Morgan fingerprint density at radius 2 is 2.06 bits per heavy atom. The normalized spacial score (nSPS) is 25.4. The predicted octanol–water partition coefficient (Wildman–Crippen LogP) is 3.61. The van der Waals surface area contributed by atoms with Crippen molar-refractivity contribution in [3.8, 4) is 0 Å². The second-order valence-corrected chi connectivity index (χ2v) is 6.91. The molecular formula is C12H21NOS2. The van der Waals surface area contributed by atoms with E-state index < -0.39 is 0 Å². The minimum absolute atomic E-state index is 0.321. The Kier molecular flexibility index (Phi) is 4.89. The van der Waals surface area contributed by atoms with Gasteiger partial charge >= 0.3 is 0 Å². The van der Waals surface area contributed by atoms with E-state index in [0.29, 0.717) is 11.3 Å². The molecule has 1 aliphatic carbocycles. The molecule has 0 aromatic heterocycles. The van der Waals surface area contributed by atoms with Crippen LogP contribution in [0.15, 0.2) is 0 Å². The van der Waals surface area contributed by atoms with Gasteiger partial charge in [-0.1, -0.05) is 31.0 Å². The van der Waals surface area contributed by atoms with Crippen molar-refractivity contribution in [2.45, 2.75) is 50.3 Å². The maximum atomic E-state index is 12.1. The standard InChI is InChI=1S/C12H21NOS2/c1-2-13(10-6-4-3-5-7-10)12(14)16-9-11-8-15-11/h10-11H,2-9H2,1H3. The summed E-state index contributed by atoms with van der Waals surface area (Å²) in [4.78, 5) is 14.2. The molecule has 2 fully saturated rings. The van der Waals surface area contributed by atoms with Crippen LogP contribution in [0.1, 0.15) is 39.0 Å². The van der Waals surface area contributed by atoms with Crippen molar-refractivity contribution in [2.24, 2.45) is 0 Å². The third-order valence-electron chi connectivity index (χ3n) is 3.39. The molecule has 16 heavy (non-hydrogen) atoms. The number of carbonyl (C=O) groups excluding carboxylic acids is 1. The van der Waals surface area contributed by atoms with Crippen molar-refractivity contribution in [2.75, 3.05) is 18.1 Å². The number of amides is 1. The first-order valence-electron chi connectivity index (χ1n) is 6.36. The van der Waals surface area contributed by atoms with Gasteiger partial charge in [0.05, 0.1) is 0 Å². The summed E-state index contributed by atoms with van der Waals surface area (Å²) >= 11 is 3.51. The topological polar surface area (TPSA) is 20.3 Å². The van der Waals surface area contributed by atoms with Crippen molar-refractivity contribution >= 4 is 28.8 Å². The molecule has 1 saturated heterocycles. The van der Waals surface area contributed by atoms with Gasteiger partial charge in [0.15, 0.2) is 0 Å². The van der Waals surface area contributed by atoms with Crippen LogP contribution in [-0.4, -0.2) is 39.5 Å². The fraction of sp³-hybridized carbons (Fsp3) is 0.917. The van der Waals surface area contributed by atoms with Crippen LogP contribution in [0.2, 0.25) is 0 Å². The Bertz CT molecular complexity index is 237. The monoisotopic (exact) mass is 259 g/mol. The lowest BCUT2D eigenvalue weighted by Gasteiger charge is -2.33. The highest BCUT2D eigenvalue weighted by Crippen LogP contribution is 2.34. The molecule has 1 atom stereocenters. The van der Waals surface area contributed by atoms with Crippen molar-refractivity contribution in [3.63, 3.8) is 0 Å². The average molecular weight is 259 g/mol. The number of thioether (sulfide) groups is 2. The van der Waals surface area contributed by atoms with Gasteiger partial charge in [0.1, 0.15) is 0 Å². The predicted molar refractivity (Wildman–Crippen MR) is 73.4 cm³/mol. The number of rotatable bonds is 4. The van der Waals surface area contributed by atoms with E-state index in [1.54, 1.807) is 0 Å². The van der Waals surface area contributed by atoms with Crippen LogP contribution in [0, 0.1) is 0 Å². The molecule has 1 saturated carbocycles. The summed E-state index contributed by atoms with van der Waals surface area (Å²) in [6.45, 7) is 2.99. The first kappa shape index (κ1) is 12.6. The summed E-state index contributed by atoms with van der Waals surface area (Å²) in [6.07, 6.45) is 6.40. The summed E-state index contributed by atoms with van der Waals surface area (Å²) in [5.74, 6) is 2.28. The van der Waals surface area contributed by atoms with E-state index in [-0.39, 0.29) is 0 Å². The third-order valence-corrected chi connectivity index (χ3v) is 5.62. The van der Waals surface area contributed by atoms with Gasteiger partial charge in [-0.2, -0.15) is 11.8 Å². The smallest absolute Gasteiger partial charge is 0.281 e. The molecule has 1 unspecified atom stereocenters. The summed E-state index contributed by atoms with van der Waals surface area (Å²) in [5.41, 5.74) is 0. The first-order chi connectivity index (χ1) is 7.81. The first-order valence-corrected chi connectivity index (χ1v) is 8.39. The molecule has 2 aliphatic rings. The second kappa shape index (κ2) is 6.20. The maximum Gasteiger partial charge on any atom is 0.281 e. The van der Waals surface area contributed by atoms with Crippen LogP contribution in [-0.2, 0) is 0 Å². The summed E-state index contributed by atoms with van der Waals surface area (Å²) in [7, 11) is 0. The van der Waals surface area contributed by atoms with E-state index in [0.717, 1.165) is 17.5 Å². The van der Waals surface area contributed by atoms with Crippen LogP contribution in [0.5, 0.6) is 0 Å². The quantitative estimate of drug-likeness (QED) is 0.719. The fourth-order valence-electron chi connectivity index (χ4n) is 2.34. The largest absolute Gasteiger partial charge is 0.331 e. The van der Waals surface area contributed by atoms with Crippen molar-refractivity contribution in [1.29, 1.82) is 0 Å². The van der Waals surface area contributed by atoms with Crippen LogP contribution >= 0.6 is 23.5 Å². The summed E-state index contributed by atoms with van der Waals surface area (Å²) in [5, 5.41) is 1.08. The van der Waals surface area contributed by atoms with Crippen molar-refractivity contribution in [3.05, 3.63) is 0 Å². The van der Waals surface area contributed by atoms with Crippen molar-refractivity contribution < 1.29 is 4.79 Å². The highest BCUT2D eigenvalue weighted by molar-refractivity contribution is 8.15. The van der Waals surface area contributed by atoms with E-state index in [4.69, 9.17) is 0 Å². The highest BCUT2D eigenvalue weighted by atomic mass is 32.2. The molecule has 0 radical (unpaired) electrons. The summed E-state index contributed by atoms with van der Waals surface area (Å²) < 4.78 is 0.